The molecule has 0 radical (unpaired) electrons. The lowest BCUT2D eigenvalue weighted by atomic mass is 10.3. The lowest BCUT2D eigenvalue weighted by Crippen LogP contribution is -2.24. The molecule has 3 aromatic heterocycles. The smallest absolute Gasteiger partial charge is 0.278 e. The van der Waals surface area contributed by atoms with E-state index in [1.54, 1.807) is 18.3 Å². The summed E-state index contributed by atoms with van der Waals surface area (Å²) in [7, 11) is 1.79. The van der Waals surface area contributed by atoms with E-state index in [1.807, 2.05) is 16.0 Å². The molecular formula is C15H13N5O2S. The van der Waals surface area contributed by atoms with Crippen LogP contribution in [-0.2, 0) is 6.54 Å². The van der Waals surface area contributed by atoms with Gasteiger partial charge in [-0.1, -0.05) is 5.16 Å². The number of imidazole rings is 1. The topological polar surface area (TPSA) is 77.1 Å². The predicted octanol–water partition coefficient (Wildman–Crippen LogP) is 2.45. The second kappa shape index (κ2) is 4.51. The molecule has 116 valence electrons. The molecule has 0 unspecified atom stereocenters. The van der Waals surface area contributed by atoms with Crippen LogP contribution < -0.4 is 0 Å². The van der Waals surface area contributed by atoms with Gasteiger partial charge in [0.1, 0.15) is 11.3 Å². The van der Waals surface area contributed by atoms with Gasteiger partial charge in [-0.25, -0.2) is 4.98 Å². The van der Waals surface area contributed by atoms with E-state index in [0.29, 0.717) is 29.6 Å². The lowest BCUT2D eigenvalue weighted by Gasteiger charge is -2.13. The number of fused-ring (bicyclic) bond motifs is 3. The number of carbonyl (C=O) groups excluding carboxylic acids is 1. The molecule has 23 heavy (non-hydrogen) atoms. The quantitative estimate of drug-likeness (QED) is 0.722. The fraction of sp³-hybridized carbons (Fsp3) is 0.333. The minimum Gasteiger partial charge on any atom is -0.336 e. The van der Waals surface area contributed by atoms with Crippen LogP contribution in [0.5, 0.6) is 0 Å². The molecule has 0 bridgehead atoms. The van der Waals surface area contributed by atoms with E-state index in [9.17, 15) is 4.79 Å². The molecular weight excluding hydrogens is 314 g/mol. The van der Waals surface area contributed by atoms with Crippen molar-refractivity contribution in [1.82, 2.24) is 24.6 Å². The zero-order chi connectivity index (χ0) is 15.6. The van der Waals surface area contributed by atoms with Crippen molar-refractivity contribution < 1.29 is 9.32 Å². The van der Waals surface area contributed by atoms with Crippen LogP contribution in [0.1, 0.15) is 40.6 Å². The normalized spacial score (nSPS) is 17.1. The maximum Gasteiger partial charge on any atom is 0.278 e. The molecule has 0 aromatic carbocycles. The Morgan fingerprint density at radius 2 is 2.26 bits per heavy atom. The van der Waals surface area contributed by atoms with Gasteiger partial charge in [0.05, 0.1) is 17.8 Å². The van der Waals surface area contributed by atoms with Crippen molar-refractivity contribution in [2.45, 2.75) is 25.3 Å². The summed E-state index contributed by atoms with van der Waals surface area (Å²) in [5, 5.41) is 6.87. The van der Waals surface area contributed by atoms with Crippen LogP contribution in [0.25, 0.3) is 16.6 Å². The standard InChI is InChI=1S/C15H13N5O2S/c1-19-6-10-11(13-17-12(18-22-13)8-2-3-8)16-7-20(10)15-9(14(19)21)4-5-23-15/h4-5,7-8H,2-3,6H2,1H3. The molecule has 3 aromatic rings. The number of nitrogens with zero attached hydrogens (tertiary/aromatic N) is 5. The summed E-state index contributed by atoms with van der Waals surface area (Å²) >= 11 is 1.52. The highest BCUT2D eigenvalue weighted by atomic mass is 32.1. The number of carbonyl (C=O) groups is 1. The third-order valence-electron chi connectivity index (χ3n) is 4.28. The summed E-state index contributed by atoms with van der Waals surface area (Å²) in [6.45, 7) is 0.455. The van der Waals surface area contributed by atoms with Gasteiger partial charge in [-0.05, 0) is 24.3 Å². The maximum atomic E-state index is 12.5. The molecule has 1 aliphatic heterocycles. The van der Waals surface area contributed by atoms with Crippen molar-refractivity contribution in [2.24, 2.45) is 0 Å². The molecule has 1 fully saturated rings. The summed E-state index contributed by atoms with van der Waals surface area (Å²) in [6.07, 6.45) is 3.97. The van der Waals surface area contributed by atoms with Gasteiger partial charge in [-0.3, -0.25) is 9.36 Å². The van der Waals surface area contributed by atoms with E-state index in [0.717, 1.165) is 29.4 Å². The summed E-state index contributed by atoms with van der Waals surface area (Å²) in [4.78, 5) is 23.1. The Labute approximate surface area is 135 Å². The number of hydrogen-bond acceptors (Lipinski definition) is 6. The van der Waals surface area contributed by atoms with Crippen molar-refractivity contribution in [1.29, 1.82) is 0 Å². The second-order valence-corrected chi connectivity index (χ2v) is 6.84. The van der Waals surface area contributed by atoms with Crippen LogP contribution in [-0.4, -0.2) is 37.5 Å². The maximum absolute atomic E-state index is 12.5. The second-order valence-electron chi connectivity index (χ2n) is 5.94. The third kappa shape index (κ3) is 1.88. The zero-order valence-electron chi connectivity index (χ0n) is 12.4. The number of thiophene rings is 1. The predicted molar refractivity (Wildman–Crippen MR) is 82.5 cm³/mol. The molecule has 0 spiro atoms. The van der Waals surface area contributed by atoms with Gasteiger partial charge in [0.25, 0.3) is 11.8 Å². The molecule has 1 aliphatic carbocycles. The Morgan fingerprint density at radius 1 is 1.39 bits per heavy atom. The van der Waals surface area contributed by atoms with Crippen LogP contribution in [0.3, 0.4) is 0 Å². The Hall–Kier alpha value is -2.48. The molecule has 0 atom stereocenters. The average molecular weight is 327 g/mol. The molecule has 5 rings (SSSR count). The van der Waals surface area contributed by atoms with Gasteiger partial charge in [0.2, 0.25) is 0 Å². The highest BCUT2D eigenvalue weighted by Gasteiger charge is 2.32. The van der Waals surface area contributed by atoms with Gasteiger partial charge < -0.3 is 9.42 Å². The van der Waals surface area contributed by atoms with Crippen LogP contribution in [0.4, 0.5) is 0 Å². The average Bonchev–Trinajstić information content (AvgIpc) is 2.99. The van der Waals surface area contributed by atoms with Gasteiger partial charge >= 0.3 is 0 Å². The lowest BCUT2D eigenvalue weighted by molar-refractivity contribution is 0.0788. The number of rotatable bonds is 2. The summed E-state index contributed by atoms with van der Waals surface area (Å²) in [5.41, 5.74) is 2.25. The van der Waals surface area contributed by atoms with Crippen LogP contribution in [0.2, 0.25) is 0 Å². The zero-order valence-corrected chi connectivity index (χ0v) is 13.2. The third-order valence-corrected chi connectivity index (χ3v) is 5.19. The van der Waals surface area contributed by atoms with E-state index in [-0.39, 0.29) is 5.91 Å². The van der Waals surface area contributed by atoms with Gasteiger partial charge in [-0.15, -0.1) is 11.3 Å². The molecule has 4 heterocycles. The fourth-order valence-corrected chi connectivity index (χ4v) is 3.76. The van der Waals surface area contributed by atoms with Gasteiger partial charge in [0.15, 0.2) is 11.5 Å². The van der Waals surface area contributed by atoms with Gasteiger partial charge in [-0.2, -0.15) is 4.98 Å². The first-order valence-electron chi connectivity index (χ1n) is 7.46. The first kappa shape index (κ1) is 13.0. The van der Waals surface area contributed by atoms with Crippen molar-refractivity contribution >= 4 is 17.2 Å². The minimum absolute atomic E-state index is 0.0140. The van der Waals surface area contributed by atoms with Crippen molar-refractivity contribution in [2.75, 3.05) is 7.05 Å². The van der Waals surface area contributed by atoms with Crippen molar-refractivity contribution in [3.63, 3.8) is 0 Å². The van der Waals surface area contributed by atoms with Crippen molar-refractivity contribution in [3.8, 4) is 16.6 Å². The molecule has 7 nitrogen and oxygen atoms in total. The number of hydrogen-bond donors (Lipinski definition) is 0. The minimum atomic E-state index is 0.0140. The summed E-state index contributed by atoms with van der Waals surface area (Å²) in [6, 6.07) is 1.85. The molecule has 0 N–H and O–H groups in total. The Bertz CT molecular complexity index is 920. The molecule has 8 heteroatoms. The van der Waals surface area contributed by atoms with E-state index in [2.05, 4.69) is 15.1 Å². The highest BCUT2D eigenvalue weighted by molar-refractivity contribution is 7.13. The summed E-state index contributed by atoms with van der Waals surface area (Å²) in [5.74, 6) is 1.64. The van der Waals surface area contributed by atoms with Crippen LogP contribution >= 0.6 is 11.3 Å². The van der Waals surface area contributed by atoms with E-state index < -0.39 is 0 Å². The fourth-order valence-electron chi connectivity index (χ4n) is 2.87. The largest absolute Gasteiger partial charge is 0.336 e. The Balaban J connectivity index is 1.66. The monoisotopic (exact) mass is 327 g/mol. The Morgan fingerprint density at radius 3 is 3.09 bits per heavy atom. The summed E-state index contributed by atoms with van der Waals surface area (Å²) < 4.78 is 7.37. The van der Waals surface area contributed by atoms with E-state index in [1.165, 1.54) is 11.3 Å². The Kier molecular flexibility index (Phi) is 2.55. The number of amides is 1. The first-order valence-corrected chi connectivity index (χ1v) is 8.34. The van der Waals surface area contributed by atoms with Crippen molar-refractivity contribution in [3.05, 3.63) is 34.9 Å². The molecule has 0 saturated heterocycles. The molecule has 1 amide bonds. The first-order chi connectivity index (χ1) is 11.2. The van der Waals surface area contributed by atoms with Crippen LogP contribution in [0.15, 0.2) is 22.3 Å². The van der Waals surface area contributed by atoms with Crippen LogP contribution in [0, 0.1) is 0 Å². The van der Waals surface area contributed by atoms with Gasteiger partial charge in [0, 0.05) is 13.0 Å². The van der Waals surface area contributed by atoms with E-state index >= 15 is 0 Å². The molecule has 1 saturated carbocycles. The van der Waals surface area contributed by atoms with E-state index in [4.69, 9.17) is 4.52 Å². The molecule has 2 aliphatic rings. The number of aromatic nitrogens is 4. The SMILES string of the molecule is CN1Cc2c(-c3nc(C4CC4)no3)ncn2-c2sccc2C1=O. The highest BCUT2D eigenvalue weighted by Crippen LogP contribution is 2.39.